The first-order chi connectivity index (χ1) is 9.34. The van der Waals surface area contributed by atoms with E-state index in [4.69, 9.17) is 0 Å². The van der Waals surface area contributed by atoms with Gasteiger partial charge < -0.3 is 15.1 Å². The molecule has 0 aromatic carbocycles. The van der Waals surface area contributed by atoms with E-state index in [0.717, 1.165) is 52.1 Å². The first-order valence-electron chi connectivity index (χ1n) is 7.12. The van der Waals surface area contributed by atoms with Gasteiger partial charge in [-0.2, -0.15) is 0 Å². The average molecular weight is 279 g/mol. The van der Waals surface area contributed by atoms with Crippen molar-refractivity contribution >= 4 is 22.2 Å². The number of hydrogen-bond acceptors (Lipinski definition) is 4. The smallest absolute Gasteiger partial charge is 0.227 e. The first kappa shape index (κ1) is 12.9. The largest absolute Gasteiger partial charge is 0.360 e. The number of piperidine rings is 1. The quantitative estimate of drug-likeness (QED) is 0.889. The summed E-state index contributed by atoms with van der Waals surface area (Å²) in [4.78, 5) is 16.9. The van der Waals surface area contributed by atoms with Gasteiger partial charge in [-0.3, -0.25) is 4.79 Å². The van der Waals surface area contributed by atoms with Gasteiger partial charge in [0.2, 0.25) is 5.91 Å². The highest BCUT2D eigenvalue weighted by Gasteiger charge is 2.28. The van der Waals surface area contributed by atoms with E-state index in [2.05, 4.69) is 32.6 Å². The summed E-state index contributed by atoms with van der Waals surface area (Å²) in [6.07, 6.45) is 2.18. The van der Waals surface area contributed by atoms with Crippen LogP contribution in [0.3, 0.4) is 0 Å². The number of hydrogen-bond donors (Lipinski definition) is 1. The van der Waals surface area contributed by atoms with Crippen molar-refractivity contribution in [3.8, 4) is 0 Å². The van der Waals surface area contributed by atoms with Crippen LogP contribution in [0.4, 0.5) is 5.00 Å². The SMILES string of the molecule is O=C(C1CCCNC1)N1CCN(c2cccs2)CC1. The zero-order valence-electron chi connectivity index (χ0n) is 11.2. The molecule has 1 atom stereocenters. The normalized spacial score (nSPS) is 24.5. The lowest BCUT2D eigenvalue weighted by molar-refractivity contribution is -0.136. The van der Waals surface area contributed by atoms with E-state index in [-0.39, 0.29) is 5.92 Å². The predicted octanol–water partition coefficient (Wildman–Crippen LogP) is 1.40. The standard InChI is InChI=1S/C14H21N3OS/c18-14(12-3-1-5-15-11-12)17-8-6-16(7-9-17)13-4-2-10-19-13/h2,4,10,12,15H,1,3,5-9,11H2. The number of amides is 1. The van der Waals surface area contributed by atoms with Crippen molar-refractivity contribution in [1.82, 2.24) is 10.2 Å². The fraction of sp³-hybridized carbons (Fsp3) is 0.643. The van der Waals surface area contributed by atoms with Gasteiger partial charge in [-0.05, 0) is 36.9 Å². The van der Waals surface area contributed by atoms with Crippen LogP contribution in [0.1, 0.15) is 12.8 Å². The number of carbonyl (C=O) groups excluding carboxylic acids is 1. The summed E-state index contributed by atoms with van der Waals surface area (Å²) in [5, 5.41) is 6.77. The maximum absolute atomic E-state index is 12.4. The summed E-state index contributed by atoms with van der Waals surface area (Å²) in [5.74, 6) is 0.570. The van der Waals surface area contributed by atoms with E-state index in [1.807, 2.05) is 0 Å². The molecule has 1 aromatic rings. The monoisotopic (exact) mass is 279 g/mol. The summed E-state index contributed by atoms with van der Waals surface area (Å²) in [6.45, 7) is 5.60. The van der Waals surface area contributed by atoms with Gasteiger partial charge in [0.05, 0.1) is 10.9 Å². The van der Waals surface area contributed by atoms with E-state index < -0.39 is 0 Å². The zero-order valence-corrected chi connectivity index (χ0v) is 12.0. The Morgan fingerprint density at radius 2 is 2.16 bits per heavy atom. The van der Waals surface area contributed by atoms with Crippen molar-refractivity contribution in [3.63, 3.8) is 0 Å². The zero-order chi connectivity index (χ0) is 13.1. The molecule has 0 bridgehead atoms. The molecule has 0 spiro atoms. The molecule has 4 nitrogen and oxygen atoms in total. The fourth-order valence-corrected chi connectivity index (χ4v) is 3.70. The van der Waals surface area contributed by atoms with Gasteiger partial charge in [-0.1, -0.05) is 0 Å². The van der Waals surface area contributed by atoms with Gasteiger partial charge in [0.15, 0.2) is 0 Å². The minimum Gasteiger partial charge on any atom is -0.360 e. The minimum atomic E-state index is 0.210. The molecule has 5 heteroatoms. The minimum absolute atomic E-state index is 0.210. The summed E-state index contributed by atoms with van der Waals surface area (Å²) in [5.41, 5.74) is 0. The van der Waals surface area contributed by atoms with Crippen LogP contribution in [-0.4, -0.2) is 50.1 Å². The molecule has 2 aliphatic rings. The second-order valence-electron chi connectivity index (χ2n) is 5.31. The van der Waals surface area contributed by atoms with E-state index in [1.54, 1.807) is 11.3 Å². The highest BCUT2D eigenvalue weighted by Crippen LogP contribution is 2.23. The molecule has 104 valence electrons. The van der Waals surface area contributed by atoms with Crippen molar-refractivity contribution < 1.29 is 4.79 Å². The number of piperazine rings is 1. The van der Waals surface area contributed by atoms with Gasteiger partial charge in [-0.15, -0.1) is 11.3 Å². The number of nitrogens with zero attached hydrogens (tertiary/aromatic N) is 2. The Bertz CT molecular complexity index is 406. The van der Waals surface area contributed by atoms with Gasteiger partial charge in [0.25, 0.3) is 0 Å². The molecule has 1 unspecified atom stereocenters. The van der Waals surface area contributed by atoms with Crippen LogP contribution in [0.15, 0.2) is 17.5 Å². The third-order valence-electron chi connectivity index (χ3n) is 4.06. The molecule has 19 heavy (non-hydrogen) atoms. The Labute approximate surface area is 118 Å². The molecule has 3 heterocycles. The first-order valence-corrected chi connectivity index (χ1v) is 8.00. The number of rotatable bonds is 2. The van der Waals surface area contributed by atoms with Crippen LogP contribution in [-0.2, 0) is 4.79 Å². The second-order valence-corrected chi connectivity index (χ2v) is 6.23. The van der Waals surface area contributed by atoms with Crippen molar-refractivity contribution in [2.24, 2.45) is 5.92 Å². The Kier molecular flexibility index (Phi) is 4.03. The van der Waals surface area contributed by atoms with Gasteiger partial charge in [-0.25, -0.2) is 0 Å². The number of anilines is 1. The fourth-order valence-electron chi connectivity index (χ4n) is 2.92. The number of thiophene rings is 1. The van der Waals surface area contributed by atoms with Gasteiger partial charge in [0.1, 0.15) is 0 Å². The molecule has 0 aliphatic carbocycles. The lowest BCUT2D eigenvalue weighted by Gasteiger charge is -2.37. The Morgan fingerprint density at radius 1 is 1.32 bits per heavy atom. The summed E-state index contributed by atoms with van der Waals surface area (Å²) < 4.78 is 0. The van der Waals surface area contributed by atoms with Crippen LogP contribution >= 0.6 is 11.3 Å². The molecular weight excluding hydrogens is 258 g/mol. The lowest BCUT2D eigenvalue weighted by atomic mass is 9.98. The topological polar surface area (TPSA) is 35.6 Å². The lowest BCUT2D eigenvalue weighted by Crippen LogP contribution is -2.52. The molecule has 1 N–H and O–H groups in total. The second kappa shape index (κ2) is 5.92. The van der Waals surface area contributed by atoms with Crippen LogP contribution in [0.25, 0.3) is 0 Å². The van der Waals surface area contributed by atoms with Crippen LogP contribution < -0.4 is 10.2 Å². The highest BCUT2D eigenvalue weighted by molar-refractivity contribution is 7.14. The van der Waals surface area contributed by atoms with Crippen LogP contribution in [0.2, 0.25) is 0 Å². The van der Waals surface area contributed by atoms with Gasteiger partial charge in [0, 0.05) is 32.7 Å². The maximum atomic E-state index is 12.4. The summed E-state index contributed by atoms with van der Waals surface area (Å²) in [7, 11) is 0. The maximum Gasteiger partial charge on any atom is 0.227 e. The van der Waals surface area contributed by atoms with E-state index in [0.29, 0.717) is 5.91 Å². The Hall–Kier alpha value is -1.07. The molecule has 2 aliphatic heterocycles. The van der Waals surface area contributed by atoms with Crippen molar-refractivity contribution in [1.29, 1.82) is 0 Å². The third kappa shape index (κ3) is 2.92. The summed E-state index contributed by atoms with van der Waals surface area (Å²) >= 11 is 1.78. The molecule has 2 saturated heterocycles. The van der Waals surface area contributed by atoms with E-state index in [9.17, 15) is 4.79 Å². The highest BCUT2D eigenvalue weighted by atomic mass is 32.1. The van der Waals surface area contributed by atoms with Crippen molar-refractivity contribution in [2.75, 3.05) is 44.2 Å². The molecular formula is C14H21N3OS. The van der Waals surface area contributed by atoms with Crippen LogP contribution in [0, 0.1) is 5.92 Å². The third-order valence-corrected chi connectivity index (χ3v) is 4.98. The Morgan fingerprint density at radius 3 is 2.79 bits per heavy atom. The van der Waals surface area contributed by atoms with Crippen LogP contribution in [0.5, 0.6) is 0 Å². The average Bonchev–Trinajstić information content (AvgIpc) is 3.02. The van der Waals surface area contributed by atoms with Crippen molar-refractivity contribution in [3.05, 3.63) is 17.5 Å². The predicted molar refractivity (Wildman–Crippen MR) is 78.7 cm³/mol. The molecule has 0 saturated carbocycles. The van der Waals surface area contributed by atoms with E-state index in [1.165, 1.54) is 5.00 Å². The molecule has 1 aromatic heterocycles. The summed E-state index contributed by atoms with van der Waals surface area (Å²) in [6, 6.07) is 4.25. The molecule has 0 radical (unpaired) electrons. The van der Waals surface area contributed by atoms with Crippen molar-refractivity contribution in [2.45, 2.75) is 12.8 Å². The Balaban J connectivity index is 1.53. The number of nitrogens with one attached hydrogen (secondary N) is 1. The number of carbonyl (C=O) groups is 1. The molecule has 3 rings (SSSR count). The van der Waals surface area contributed by atoms with E-state index >= 15 is 0 Å². The molecule has 1 amide bonds. The van der Waals surface area contributed by atoms with Gasteiger partial charge >= 0.3 is 0 Å². The molecule has 2 fully saturated rings.